The molecule has 0 atom stereocenters. The molecule has 0 aliphatic carbocycles. The van der Waals surface area contributed by atoms with E-state index in [0.29, 0.717) is 5.56 Å². The molecule has 2 aromatic rings. The van der Waals surface area contributed by atoms with Crippen molar-refractivity contribution in [2.75, 3.05) is 14.2 Å². The smallest absolute Gasteiger partial charge is 0.387 e. The summed E-state index contributed by atoms with van der Waals surface area (Å²) >= 11 is 0. The molecule has 132 valence electrons. The molecule has 0 N–H and O–H groups in total. The number of allylic oxidation sites excluding steroid dienone is 1. The van der Waals surface area contributed by atoms with Crippen molar-refractivity contribution in [2.45, 2.75) is 6.61 Å². The number of methoxy groups -OCH3 is 2. The summed E-state index contributed by atoms with van der Waals surface area (Å²) in [6, 6.07) is 8.10. The second-order valence-corrected chi connectivity index (χ2v) is 4.84. The average Bonchev–Trinajstić information content (AvgIpc) is 2.59. The van der Waals surface area contributed by atoms with Crippen LogP contribution < -0.4 is 14.2 Å². The van der Waals surface area contributed by atoms with Gasteiger partial charge in [-0.2, -0.15) is 8.78 Å². The summed E-state index contributed by atoms with van der Waals surface area (Å²) in [5.41, 5.74) is 0.681. The van der Waals surface area contributed by atoms with Crippen LogP contribution in [0.4, 0.5) is 13.2 Å². The van der Waals surface area contributed by atoms with Gasteiger partial charge in [0.05, 0.1) is 14.2 Å². The van der Waals surface area contributed by atoms with Gasteiger partial charge in [0.25, 0.3) is 0 Å². The van der Waals surface area contributed by atoms with Crippen LogP contribution in [0.3, 0.4) is 0 Å². The zero-order valence-electron chi connectivity index (χ0n) is 13.5. The summed E-state index contributed by atoms with van der Waals surface area (Å²) in [5.74, 6) is -1.03. The van der Waals surface area contributed by atoms with Crippen LogP contribution in [-0.2, 0) is 0 Å². The monoisotopic (exact) mass is 352 g/mol. The van der Waals surface area contributed by atoms with Gasteiger partial charge in [-0.3, -0.25) is 4.79 Å². The number of carbonyl (C=O) groups is 1. The second kappa shape index (κ2) is 8.23. The Morgan fingerprint density at radius 1 is 1.00 bits per heavy atom. The van der Waals surface area contributed by atoms with Crippen molar-refractivity contribution in [3.8, 4) is 17.2 Å². The molecule has 0 aromatic heterocycles. The predicted octanol–water partition coefficient (Wildman–Crippen LogP) is 4.34. The highest BCUT2D eigenvalue weighted by molar-refractivity contribution is 6.06. The van der Waals surface area contributed by atoms with Gasteiger partial charge in [-0.15, -0.1) is 0 Å². The Hall–Kier alpha value is -2.96. The number of ether oxygens (including phenoxy) is 3. The Labute approximate surface area is 142 Å². The molecule has 0 amide bonds. The molecule has 0 aliphatic rings. The van der Waals surface area contributed by atoms with Crippen molar-refractivity contribution in [2.24, 2.45) is 0 Å². The lowest BCUT2D eigenvalue weighted by Crippen LogP contribution is -2.03. The number of hydrogen-bond donors (Lipinski definition) is 0. The molecular formula is C18H15F3O4. The molecule has 0 radical (unpaired) electrons. The molecule has 2 aromatic carbocycles. The first-order valence-corrected chi connectivity index (χ1v) is 7.13. The van der Waals surface area contributed by atoms with E-state index in [2.05, 4.69) is 4.74 Å². The van der Waals surface area contributed by atoms with E-state index in [1.165, 1.54) is 56.7 Å². The SMILES string of the molecule is COc1ccc(C(=O)/C=C/c2ccc(OC(F)F)c(OC)c2)cc1F. The lowest BCUT2D eigenvalue weighted by atomic mass is 10.1. The topological polar surface area (TPSA) is 44.8 Å². The fraction of sp³-hybridized carbons (Fsp3) is 0.167. The first-order chi connectivity index (χ1) is 11.9. The van der Waals surface area contributed by atoms with Gasteiger partial charge in [-0.25, -0.2) is 4.39 Å². The first-order valence-electron chi connectivity index (χ1n) is 7.13. The van der Waals surface area contributed by atoms with E-state index in [9.17, 15) is 18.0 Å². The number of rotatable bonds is 7. The average molecular weight is 352 g/mol. The van der Waals surface area contributed by atoms with Gasteiger partial charge < -0.3 is 14.2 Å². The summed E-state index contributed by atoms with van der Waals surface area (Å²) in [4.78, 5) is 12.1. The Kier molecular flexibility index (Phi) is 6.05. The van der Waals surface area contributed by atoms with E-state index in [1.54, 1.807) is 0 Å². The van der Waals surface area contributed by atoms with Crippen molar-refractivity contribution >= 4 is 11.9 Å². The van der Waals surface area contributed by atoms with Crippen LogP contribution in [0, 0.1) is 5.82 Å². The van der Waals surface area contributed by atoms with Gasteiger partial charge in [-0.1, -0.05) is 12.1 Å². The summed E-state index contributed by atoms with van der Waals surface area (Å²) in [6.07, 6.45) is 2.70. The van der Waals surface area contributed by atoms with Crippen LogP contribution in [0.5, 0.6) is 17.2 Å². The lowest BCUT2D eigenvalue weighted by Gasteiger charge is -2.10. The number of ketones is 1. The zero-order chi connectivity index (χ0) is 18.4. The van der Waals surface area contributed by atoms with Crippen molar-refractivity contribution in [3.05, 3.63) is 59.4 Å². The van der Waals surface area contributed by atoms with E-state index in [4.69, 9.17) is 9.47 Å². The highest BCUT2D eigenvalue weighted by Crippen LogP contribution is 2.30. The van der Waals surface area contributed by atoms with Crippen molar-refractivity contribution in [1.82, 2.24) is 0 Å². The Morgan fingerprint density at radius 3 is 2.28 bits per heavy atom. The molecule has 4 nitrogen and oxygen atoms in total. The normalized spacial score (nSPS) is 11.0. The molecule has 0 saturated carbocycles. The fourth-order valence-corrected chi connectivity index (χ4v) is 2.07. The minimum atomic E-state index is -2.97. The Morgan fingerprint density at radius 2 is 1.68 bits per heavy atom. The summed E-state index contributed by atoms with van der Waals surface area (Å²) in [7, 11) is 2.64. The number of benzene rings is 2. The fourth-order valence-electron chi connectivity index (χ4n) is 2.07. The molecule has 0 heterocycles. The minimum absolute atomic E-state index is 0.0416. The highest BCUT2D eigenvalue weighted by Gasteiger charge is 2.11. The molecule has 2 rings (SSSR count). The standard InChI is InChI=1S/C18H15F3O4/c1-23-15-8-5-12(10-13(15)19)14(22)6-3-11-4-7-16(25-18(20)21)17(9-11)24-2/h3-10,18H,1-2H3/b6-3+. The van der Waals surface area contributed by atoms with Crippen LogP contribution in [0.15, 0.2) is 42.5 Å². The molecule has 0 bridgehead atoms. The number of hydrogen-bond acceptors (Lipinski definition) is 4. The molecule has 0 fully saturated rings. The maximum absolute atomic E-state index is 13.6. The molecule has 0 spiro atoms. The molecule has 7 heteroatoms. The van der Waals surface area contributed by atoms with Gasteiger partial charge in [-0.05, 0) is 42.0 Å². The number of alkyl halides is 2. The van der Waals surface area contributed by atoms with Crippen LogP contribution in [-0.4, -0.2) is 26.6 Å². The van der Waals surface area contributed by atoms with E-state index in [0.717, 1.165) is 6.07 Å². The molecule has 0 aliphatic heterocycles. The summed E-state index contributed by atoms with van der Waals surface area (Å²) in [5, 5.41) is 0. The minimum Gasteiger partial charge on any atom is -0.494 e. The van der Waals surface area contributed by atoms with E-state index < -0.39 is 18.2 Å². The highest BCUT2D eigenvalue weighted by atomic mass is 19.3. The van der Waals surface area contributed by atoms with Crippen LogP contribution >= 0.6 is 0 Å². The Bertz CT molecular complexity index is 788. The maximum atomic E-state index is 13.6. The van der Waals surface area contributed by atoms with Crippen molar-refractivity contribution in [1.29, 1.82) is 0 Å². The second-order valence-electron chi connectivity index (χ2n) is 4.84. The number of halogens is 3. The summed E-state index contributed by atoms with van der Waals surface area (Å²) < 4.78 is 52.3. The van der Waals surface area contributed by atoms with Gasteiger partial charge in [0.2, 0.25) is 0 Å². The third-order valence-electron chi connectivity index (χ3n) is 3.27. The van der Waals surface area contributed by atoms with E-state index in [-0.39, 0.29) is 22.8 Å². The van der Waals surface area contributed by atoms with Gasteiger partial charge in [0.15, 0.2) is 28.8 Å². The predicted molar refractivity (Wildman–Crippen MR) is 85.9 cm³/mol. The quantitative estimate of drug-likeness (QED) is 0.549. The molecule has 0 saturated heterocycles. The lowest BCUT2D eigenvalue weighted by molar-refractivity contribution is -0.0512. The van der Waals surface area contributed by atoms with Gasteiger partial charge in [0.1, 0.15) is 0 Å². The maximum Gasteiger partial charge on any atom is 0.387 e. The van der Waals surface area contributed by atoms with E-state index in [1.807, 2.05) is 0 Å². The number of carbonyl (C=O) groups excluding carboxylic acids is 1. The van der Waals surface area contributed by atoms with Gasteiger partial charge in [0, 0.05) is 5.56 Å². The Balaban J connectivity index is 2.18. The van der Waals surface area contributed by atoms with Gasteiger partial charge >= 0.3 is 6.61 Å². The van der Waals surface area contributed by atoms with E-state index >= 15 is 0 Å². The van der Waals surface area contributed by atoms with Crippen molar-refractivity contribution < 1.29 is 32.2 Å². The van der Waals surface area contributed by atoms with Crippen LogP contribution in [0.1, 0.15) is 15.9 Å². The summed E-state index contributed by atoms with van der Waals surface area (Å²) in [6.45, 7) is -2.97. The third kappa shape index (κ3) is 4.76. The van der Waals surface area contributed by atoms with Crippen LogP contribution in [0.2, 0.25) is 0 Å². The molecular weight excluding hydrogens is 337 g/mol. The molecule has 25 heavy (non-hydrogen) atoms. The zero-order valence-corrected chi connectivity index (χ0v) is 13.5. The van der Waals surface area contributed by atoms with Crippen molar-refractivity contribution in [3.63, 3.8) is 0 Å². The first kappa shape index (κ1) is 18.4. The molecule has 0 unspecified atom stereocenters. The third-order valence-corrected chi connectivity index (χ3v) is 3.27. The van der Waals surface area contributed by atoms with Crippen LogP contribution in [0.25, 0.3) is 6.08 Å². The largest absolute Gasteiger partial charge is 0.494 e.